The minimum atomic E-state index is -0.968. The van der Waals surface area contributed by atoms with Gasteiger partial charge in [0.25, 0.3) is 0 Å². The molecule has 0 spiro atoms. The highest BCUT2D eigenvalue weighted by Gasteiger charge is 2.27. The third kappa shape index (κ3) is 7.41. The number of rotatable bonds is 10. The van der Waals surface area contributed by atoms with Crippen molar-refractivity contribution >= 4 is 28.7 Å². The van der Waals surface area contributed by atoms with Crippen LogP contribution in [-0.2, 0) is 33.8 Å². The van der Waals surface area contributed by atoms with Crippen molar-refractivity contribution in [3.63, 3.8) is 0 Å². The average Bonchev–Trinajstić information content (AvgIpc) is 2.92. The second-order valence-electron chi connectivity index (χ2n) is 8.80. The summed E-state index contributed by atoms with van der Waals surface area (Å²) in [5.41, 5.74) is 8.17. The van der Waals surface area contributed by atoms with Crippen LogP contribution in [-0.4, -0.2) is 30.0 Å². The summed E-state index contributed by atoms with van der Waals surface area (Å²) in [6, 6.07) is 30.3. The molecule has 4 aromatic carbocycles. The van der Waals surface area contributed by atoms with Crippen LogP contribution < -0.4 is 16.4 Å². The van der Waals surface area contributed by atoms with Gasteiger partial charge in [-0.25, -0.2) is 4.79 Å². The Morgan fingerprint density at radius 3 is 1.92 bits per heavy atom. The fourth-order valence-corrected chi connectivity index (χ4v) is 4.06. The summed E-state index contributed by atoms with van der Waals surface area (Å²) in [6.45, 7) is 0.0677. The Hall–Kier alpha value is -4.65. The number of hydrogen-bond donors (Lipinski definition) is 3. The molecule has 4 N–H and O–H groups in total. The van der Waals surface area contributed by atoms with E-state index in [-0.39, 0.29) is 19.4 Å². The lowest BCUT2D eigenvalue weighted by molar-refractivity contribution is -0.128. The molecule has 188 valence electrons. The minimum absolute atomic E-state index is 0.0677. The Bertz CT molecular complexity index is 1360. The molecule has 0 radical (unpaired) electrons. The van der Waals surface area contributed by atoms with E-state index in [1.165, 1.54) is 0 Å². The summed E-state index contributed by atoms with van der Waals surface area (Å²) in [4.78, 5) is 38.1. The van der Waals surface area contributed by atoms with Gasteiger partial charge in [-0.05, 0) is 27.5 Å². The highest BCUT2D eigenvalue weighted by molar-refractivity contribution is 5.91. The molecule has 0 aliphatic carbocycles. The van der Waals surface area contributed by atoms with Gasteiger partial charge in [-0.3, -0.25) is 9.59 Å². The predicted octanol–water partition coefficient (Wildman–Crippen LogP) is 3.89. The van der Waals surface area contributed by atoms with Crippen LogP contribution in [0.5, 0.6) is 0 Å². The Morgan fingerprint density at radius 2 is 1.24 bits per heavy atom. The molecule has 0 heterocycles. The van der Waals surface area contributed by atoms with Crippen molar-refractivity contribution in [2.75, 3.05) is 0 Å². The van der Waals surface area contributed by atoms with E-state index >= 15 is 0 Å². The molecule has 7 nitrogen and oxygen atoms in total. The third-order valence-corrected chi connectivity index (χ3v) is 6.02. The molecule has 0 aromatic heterocycles. The summed E-state index contributed by atoms with van der Waals surface area (Å²) >= 11 is 0. The second-order valence-corrected chi connectivity index (χ2v) is 8.80. The van der Waals surface area contributed by atoms with Crippen LogP contribution >= 0.6 is 0 Å². The maximum Gasteiger partial charge on any atom is 0.408 e. The van der Waals surface area contributed by atoms with Crippen molar-refractivity contribution in [3.8, 4) is 0 Å². The Morgan fingerprint density at radius 1 is 0.649 bits per heavy atom. The topological polar surface area (TPSA) is 111 Å². The van der Waals surface area contributed by atoms with Crippen molar-refractivity contribution in [1.82, 2.24) is 10.6 Å². The summed E-state index contributed by atoms with van der Waals surface area (Å²) < 4.78 is 5.31. The number of fused-ring (bicyclic) bond motifs is 1. The highest BCUT2D eigenvalue weighted by Crippen LogP contribution is 2.17. The summed E-state index contributed by atoms with van der Waals surface area (Å²) in [7, 11) is 0. The minimum Gasteiger partial charge on any atom is -0.445 e. The molecule has 0 saturated carbocycles. The van der Waals surface area contributed by atoms with Gasteiger partial charge in [0.1, 0.15) is 18.7 Å². The fraction of sp³-hybridized carbons (Fsp3) is 0.167. The zero-order valence-electron chi connectivity index (χ0n) is 20.3. The standard InChI is InChI=1S/C30H29N3O4/c31-28(34)26(19-23-15-16-24-13-7-8-14-25(24)17-23)32-29(35)27(18-21-9-3-1-4-10-21)33-30(36)37-20-22-11-5-2-6-12-22/h1-17,26-27H,18-20H2,(H2,31,34)(H,32,35)(H,33,36)/t26-,27+/m1/s1. The Kier molecular flexibility index (Phi) is 8.49. The van der Waals surface area contributed by atoms with E-state index in [4.69, 9.17) is 10.5 Å². The molecule has 2 atom stereocenters. The smallest absolute Gasteiger partial charge is 0.408 e. The Labute approximate surface area is 215 Å². The van der Waals surface area contributed by atoms with Crippen LogP contribution in [0.25, 0.3) is 10.8 Å². The van der Waals surface area contributed by atoms with Crippen molar-refractivity contribution < 1.29 is 19.1 Å². The number of ether oxygens (including phenoxy) is 1. The fourth-order valence-electron chi connectivity index (χ4n) is 4.06. The van der Waals surface area contributed by atoms with E-state index in [9.17, 15) is 14.4 Å². The van der Waals surface area contributed by atoms with E-state index in [1.807, 2.05) is 103 Å². The molecule has 0 aliphatic heterocycles. The van der Waals surface area contributed by atoms with Gasteiger partial charge < -0.3 is 21.1 Å². The molecular weight excluding hydrogens is 466 g/mol. The van der Waals surface area contributed by atoms with E-state index in [0.717, 1.165) is 27.5 Å². The number of primary amides is 1. The molecule has 3 amide bonds. The van der Waals surface area contributed by atoms with Crippen LogP contribution in [0.3, 0.4) is 0 Å². The van der Waals surface area contributed by atoms with E-state index in [1.54, 1.807) is 0 Å². The number of hydrogen-bond acceptors (Lipinski definition) is 4. The zero-order chi connectivity index (χ0) is 26.0. The molecule has 0 bridgehead atoms. The van der Waals surface area contributed by atoms with Crippen molar-refractivity contribution in [2.45, 2.75) is 31.5 Å². The molecule has 7 heteroatoms. The maximum atomic E-state index is 13.3. The molecule has 0 fully saturated rings. The van der Waals surface area contributed by atoms with Crippen LogP contribution in [0.15, 0.2) is 103 Å². The number of alkyl carbamates (subject to hydrolysis) is 1. The average molecular weight is 496 g/mol. The van der Waals surface area contributed by atoms with Gasteiger partial charge >= 0.3 is 6.09 Å². The first-order valence-corrected chi connectivity index (χ1v) is 12.1. The predicted molar refractivity (Wildman–Crippen MR) is 142 cm³/mol. The number of carbonyl (C=O) groups is 3. The highest BCUT2D eigenvalue weighted by atomic mass is 16.5. The molecule has 4 aromatic rings. The number of benzene rings is 4. The van der Waals surface area contributed by atoms with Gasteiger partial charge in [-0.1, -0.05) is 103 Å². The molecule has 4 rings (SSSR count). The number of amides is 3. The molecule has 37 heavy (non-hydrogen) atoms. The quantitative estimate of drug-likeness (QED) is 0.310. The monoisotopic (exact) mass is 495 g/mol. The largest absolute Gasteiger partial charge is 0.445 e. The van der Waals surface area contributed by atoms with Gasteiger partial charge in [0, 0.05) is 12.8 Å². The van der Waals surface area contributed by atoms with Crippen LogP contribution in [0.1, 0.15) is 16.7 Å². The van der Waals surface area contributed by atoms with Gasteiger partial charge in [0.2, 0.25) is 11.8 Å². The number of nitrogens with two attached hydrogens (primary N) is 1. The van der Waals surface area contributed by atoms with E-state index in [0.29, 0.717) is 0 Å². The van der Waals surface area contributed by atoms with E-state index < -0.39 is 30.0 Å². The van der Waals surface area contributed by atoms with Crippen LogP contribution in [0, 0.1) is 0 Å². The molecular formula is C30H29N3O4. The summed E-state index contributed by atoms with van der Waals surface area (Å²) in [6.07, 6.45) is -0.290. The molecule has 0 aliphatic rings. The first kappa shape index (κ1) is 25.4. The molecule has 0 unspecified atom stereocenters. The zero-order valence-corrected chi connectivity index (χ0v) is 20.3. The third-order valence-electron chi connectivity index (χ3n) is 6.02. The first-order valence-electron chi connectivity index (χ1n) is 12.1. The summed E-state index contributed by atoms with van der Waals surface area (Å²) in [5.74, 6) is -1.18. The lowest BCUT2D eigenvalue weighted by atomic mass is 10.0. The van der Waals surface area contributed by atoms with Gasteiger partial charge in [0.05, 0.1) is 0 Å². The second kappa shape index (κ2) is 12.4. The van der Waals surface area contributed by atoms with Crippen molar-refractivity contribution in [1.29, 1.82) is 0 Å². The van der Waals surface area contributed by atoms with E-state index in [2.05, 4.69) is 10.6 Å². The summed E-state index contributed by atoms with van der Waals surface area (Å²) in [5, 5.41) is 7.47. The van der Waals surface area contributed by atoms with Crippen molar-refractivity contribution in [3.05, 3.63) is 120 Å². The molecule has 0 saturated heterocycles. The van der Waals surface area contributed by atoms with Gasteiger partial charge in [-0.2, -0.15) is 0 Å². The lowest BCUT2D eigenvalue weighted by Crippen LogP contribution is -2.54. The number of carbonyl (C=O) groups excluding carboxylic acids is 3. The normalized spacial score (nSPS) is 12.3. The van der Waals surface area contributed by atoms with Crippen molar-refractivity contribution in [2.24, 2.45) is 5.73 Å². The van der Waals surface area contributed by atoms with Crippen LogP contribution in [0.2, 0.25) is 0 Å². The maximum absolute atomic E-state index is 13.3. The SMILES string of the molecule is NC(=O)[C@@H](Cc1ccc2ccccc2c1)NC(=O)[C@H](Cc1ccccc1)NC(=O)OCc1ccccc1. The number of nitrogens with one attached hydrogen (secondary N) is 2. The first-order chi connectivity index (χ1) is 18.0. The Balaban J connectivity index is 1.45. The van der Waals surface area contributed by atoms with Gasteiger partial charge in [-0.15, -0.1) is 0 Å². The van der Waals surface area contributed by atoms with Gasteiger partial charge in [0.15, 0.2) is 0 Å². The van der Waals surface area contributed by atoms with Crippen LogP contribution in [0.4, 0.5) is 4.79 Å². The lowest BCUT2D eigenvalue weighted by Gasteiger charge is -2.22.